The van der Waals surface area contributed by atoms with Gasteiger partial charge in [-0.25, -0.2) is 0 Å². The van der Waals surface area contributed by atoms with Gasteiger partial charge in [0.15, 0.2) is 11.5 Å². The lowest BCUT2D eigenvalue weighted by Gasteiger charge is -2.27. The highest BCUT2D eigenvalue weighted by atomic mass is 16.5. The third kappa shape index (κ3) is 4.98. The van der Waals surface area contributed by atoms with Crippen molar-refractivity contribution in [1.82, 2.24) is 15.1 Å². The van der Waals surface area contributed by atoms with E-state index in [1.807, 2.05) is 31.2 Å². The number of para-hydroxylation sites is 1. The molecule has 1 amide bonds. The minimum atomic E-state index is -0.422. The largest absolute Gasteiger partial charge is 0.507 e. The second-order valence-electron chi connectivity index (χ2n) is 8.47. The van der Waals surface area contributed by atoms with Crippen LogP contribution in [0.1, 0.15) is 60.8 Å². The summed E-state index contributed by atoms with van der Waals surface area (Å²) in [4.78, 5) is 15.1. The number of carbonyl (C=O) groups excluding carboxylic acids is 1. The van der Waals surface area contributed by atoms with Crippen molar-refractivity contribution in [3.8, 4) is 28.5 Å². The van der Waals surface area contributed by atoms with E-state index in [0.29, 0.717) is 54.8 Å². The van der Waals surface area contributed by atoms with Crippen molar-refractivity contribution in [2.75, 3.05) is 33.5 Å². The van der Waals surface area contributed by atoms with Crippen molar-refractivity contribution in [3.63, 3.8) is 0 Å². The summed E-state index contributed by atoms with van der Waals surface area (Å²) in [5.41, 5.74) is 3.14. The molecule has 0 radical (unpaired) electrons. The van der Waals surface area contributed by atoms with E-state index >= 15 is 0 Å². The summed E-state index contributed by atoms with van der Waals surface area (Å²) in [5, 5.41) is 17.8. The molecule has 1 aromatic heterocycles. The molecule has 1 aliphatic rings. The zero-order valence-corrected chi connectivity index (χ0v) is 20.5. The summed E-state index contributed by atoms with van der Waals surface area (Å²) in [5.74, 6) is 1.28. The molecule has 8 heteroatoms. The van der Waals surface area contributed by atoms with Crippen molar-refractivity contribution >= 4 is 5.91 Å². The second kappa shape index (κ2) is 11.3. The number of hydrogen-bond donors (Lipinski definition) is 2. The number of aromatic amines is 1. The number of unbranched alkanes of at least 4 members (excludes halogenated alkanes) is 2. The second-order valence-corrected chi connectivity index (χ2v) is 8.47. The van der Waals surface area contributed by atoms with Gasteiger partial charge in [0, 0.05) is 24.8 Å². The smallest absolute Gasteiger partial charge is 0.273 e. The molecular weight excluding hydrogens is 446 g/mol. The van der Waals surface area contributed by atoms with Crippen LogP contribution in [-0.2, 0) is 4.74 Å². The quantitative estimate of drug-likeness (QED) is 0.357. The number of hydrogen-bond acceptors (Lipinski definition) is 6. The lowest BCUT2D eigenvalue weighted by Crippen LogP contribution is -2.32. The third-order valence-corrected chi connectivity index (χ3v) is 6.15. The Balaban J connectivity index is 1.77. The maximum atomic E-state index is 13.4. The average Bonchev–Trinajstić information content (AvgIpc) is 3.40. The van der Waals surface area contributed by atoms with Crippen LogP contribution in [0.25, 0.3) is 11.3 Å². The maximum Gasteiger partial charge on any atom is 0.273 e. The topological polar surface area (TPSA) is 96.9 Å². The fourth-order valence-electron chi connectivity index (χ4n) is 4.46. The predicted molar refractivity (Wildman–Crippen MR) is 133 cm³/mol. The van der Waals surface area contributed by atoms with Crippen molar-refractivity contribution in [3.05, 3.63) is 59.3 Å². The Morgan fingerprint density at radius 2 is 1.89 bits per heavy atom. The van der Waals surface area contributed by atoms with Gasteiger partial charge in [0.25, 0.3) is 5.91 Å². The molecular formula is C27H33N3O5. The van der Waals surface area contributed by atoms with E-state index in [4.69, 9.17) is 14.2 Å². The third-order valence-electron chi connectivity index (χ3n) is 6.15. The SMILES string of the molecule is CCCCCOc1ccc(C2c3c(-c4ccccc4O)n[nH]c3C(=O)N2CCOC)cc1OCC. The van der Waals surface area contributed by atoms with Gasteiger partial charge in [-0.2, -0.15) is 5.10 Å². The molecule has 1 atom stereocenters. The predicted octanol–water partition coefficient (Wildman–Crippen LogP) is 4.94. The van der Waals surface area contributed by atoms with E-state index in [-0.39, 0.29) is 11.7 Å². The van der Waals surface area contributed by atoms with Gasteiger partial charge in [0.1, 0.15) is 17.1 Å². The van der Waals surface area contributed by atoms with Crippen LogP contribution >= 0.6 is 0 Å². The number of fused-ring (bicyclic) bond motifs is 1. The number of rotatable bonds is 12. The summed E-state index contributed by atoms with van der Waals surface area (Å²) in [7, 11) is 1.61. The number of H-pyrrole nitrogens is 1. The fourth-order valence-corrected chi connectivity index (χ4v) is 4.46. The number of amides is 1. The van der Waals surface area contributed by atoms with E-state index in [0.717, 1.165) is 30.4 Å². The lowest BCUT2D eigenvalue weighted by atomic mass is 9.95. The molecule has 1 aliphatic heterocycles. The Hall–Kier alpha value is -3.52. The molecule has 0 spiro atoms. The van der Waals surface area contributed by atoms with Gasteiger partial charge in [-0.05, 0) is 43.2 Å². The number of nitrogens with zero attached hydrogens (tertiary/aromatic N) is 2. The first-order valence-corrected chi connectivity index (χ1v) is 12.2. The molecule has 0 bridgehead atoms. The number of phenols is 1. The summed E-state index contributed by atoms with van der Waals surface area (Å²) < 4.78 is 17.2. The van der Waals surface area contributed by atoms with Gasteiger partial charge in [0.05, 0.1) is 25.9 Å². The van der Waals surface area contributed by atoms with Crippen LogP contribution in [-0.4, -0.2) is 59.6 Å². The van der Waals surface area contributed by atoms with Crippen LogP contribution in [0.15, 0.2) is 42.5 Å². The van der Waals surface area contributed by atoms with Crippen LogP contribution in [0.3, 0.4) is 0 Å². The zero-order valence-electron chi connectivity index (χ0n) is 20.5. The molecule has 0 aliphatic carbocycles. The first kappa shape index (κ1) is 24.6. The van der Waals surface area contributed by atoms with Gasteiger partial charge in [0.2, 0.25) is 0 Å². The molecule has 8 nitrogen and oxygen atoms in total. The number of carbonyl (C=O) groups is 1. The maximum absolute atomic E-state index is 13.4. The summed E-state index contributed by atoms with van der Waals surface area (Å²) >= 11 is 0. The van der Waals surface area contributed by atoms with E-state index in [1.54, 1.807) is 30.2 Å². The number of aromatic nitrogens is 2. The standard InChI is InChI=1S/C27H33N3O5/c1-4-6-9-15-35-21-13-12-18(17-22(21)34-5-2)26-23-24(19-10-7-8-11-20(19)31)28-29-25(23)27(32)30(26)14-16-33-3/h7-8,10-13,17,26,31H,4-6,9,14-16H2,1-3H3,(H,28,29). The Labute approximate surface area is 205 Å². The van der Waals surface area contributed by atoms with Gasteiger partial charge < -0.3 is 24.2 Å². The van der Waals surface area contributed by atoms with E-state index in [9.17, 15) is 9.90 Å². The van der Waals surface area contributed by atoms with Crippen molar-refractivity contribution < 1.29 is 24.1 Å². The van der Waals surface area contributed by atoms with E-state index < -0.39 is 6.04 Å². The number of nitrogens with one attached hydrogen (secondary N) is 1. The fraction of sp³-hybridized carbons (Fsp3) is 0.407. The molecule has 0 fully saturated rings. The Morgan fingerprint density at radius 1 is 1.06 bits per heavy atom. The molecule has 0 saturated heterocycles. The van der Waals surface area contributed by atoms with Crippen LogP contribution in [0, 0.1) is 0 Å². The van der Waals surface area contributed by atoms with Gasteiger partial charge >= 0.3 is 0 Å². The number of ether oxygens (including phenoxy) is 3. The van der Waals surface area contributed by atoms with Crippen LogP contribution in [0.5, 0.6) is 17.2 Å². The Bertz CT molecular complexity index is 1160. The summed E-state index contributed by atoms with van der Waals surface area (Å²) in [6.45, 7) is 6.00. The molecule has 4 rings (SSSR count). The highest BCUT2D eigenvalue weighted by molar-refractivity contribution is 6.00. The first-order valence-electron chi connectivity index (χ1n) is 12.2. The van der Waals surface area contributed by atoms with E-state index in [1.165, 1.54) is 0 Å². The van der Waals surface area contributed by atoms with Crippen LogP contribution < -0.4 is 9.47 Å². The van der Waals surface area contributed by atoms with Crippen LogP contribution in [0.4, 0.5) is 0 Å². The molecule has 0 saturated carbocycles. The van der Waals surface area contributed by atoms with Crippen LogP contribution in [0.2, 0.25) is 0 Å². The Morgan fingerprint density at radius 3 is 2.63 bits per heavy atom. The number of methoxy groups -OCH3 is 1. The summed E-state index contributed by atoms with van der Waals surface area (Å²) in [6.07, 6.45) is 3.22. The minimum Gasteiger partial charge on any atom is -0.507 e. The average molecular weight is 480 g/mol. The molecule has 1 unspecified atom stereocenters. The zero-order chi connectivity index (χ0) is 24.8. The normalized spacial score (nSPS) is 14.9. The number of aromatic hydroxyl groups is 1. The highest BCUT2D eigenvalue weighted by Gasteiger charge is 2.42. The monoisotopic (exact) mass is 479 g/mol. The molecule has 2 aromatic carbocycles. The number of phenolic OH excluding ortho intramolecular Hbond substituents is 1. The van der Waals surface area contributed by atoms with Crippen molar-refractivity contribution in [2.24, 2.45) is 0 Å². The number of benzene rings is 2. The molecule has 2 N–H and O–H groups in total. The van der Waals surface area contributed by atoms with E-state index in [2.05, 4.69) is 17.1 Å². The van der Waals surface area contributed by atoms with Crippen molar-refractivity contribution in [2.45, 2.75) is 39.2 Å². The first-order chi connectivity index (χ1) is 17.1. The van der Waals surface area contributed by atoms with Gasteiger partial charge in [-0.1, -0.05) is 38.0 Å². The minimum absolute atomic E-state index is 0.106. The molecule has 3 aromatic rings. The molecule has 186 valence electrons. The molecule has 35 heavy (non-hydrogen) atoms. The van der Waals surface area contributed by atoms with Gasteiger partial charge in [-0.15, -0.1) is 0 Å². The molecule has 2 heterocycles. The van der Waals surface area contributed by atoms with Gasteiger partial charge in [-0.3, -0.25) is 9.89 Å². The Kier molecular flexibility index (Phi) is 7.92. The van der Waals surface area contributed by atoms with Crippen molar-refractivity contribution in [1.29, 1.82) is 0 Å². The highest BCUT2D eigenvalue weighted by Crippen LogP contribution is 2.45. The lowest BCUT2D eigenvalue weighted by molar-refractivity contribution is 0.0677. The summed E-state index contributed by atoms with van der Waals surface area (Å²) in [6, 6.07) is 12.4.